The maximum atomic E-state index is 12.7. The van der Waals surface area contributed by atoms with Crippen molar-refractivity contribution in [3.63, 3.8) is 0 Å². The van der Waals surface area contributed by atoms with E-state index in [2.05, 4.69) is 30.6 Å². The first-order valence-corrected chi connectivity index (χ1v) is 8.62. The van der Waals surface area contributed by atoms with Crippen molar-refractivity contribution in [3.8, 4) is 0 Å². The van der Waals surface area contributed by atoms with Crippen molar-refractivity contribution in [2.75, 3.05) is 26.2 Å². The zero-order valence-corrected chi connectivity index (χ0v) is 13.3. The summed E-state index contributed by atoms with van der Waals surface area (Å²) in [4.78, 5) is 17.9. The Morgan fingerprint density at radius 1 is 1.25 bits per heavy atom. The first kappa shape index (κ1) is 14.5. The molecule has 0 aromatic carbocycles. The number of hydrogen-bond acceptors (Lipinski definition) is 3. The van der Waals surface area contributed by atoms with E-state index in [0.29, 0.717) is 17.7 Å². The summed E-state index contributed by atoms with van der Waals surface area (Å²) < 4.78 is 0. The molecule has 0 aliphatic carbocycles. The van der Waals surface area contributed by atoms with Crippen LogP contribution in [0.1, 0.15) is 46.5 Å². The van der Waals surface area contributed by atoms with E-state index in [9.17, 15) is 4.79 Å². The van der Waals surface area contributed by atoms with Crippen molar-refractivity contribution in [1.29, 1.82) is 0 Å². The van der Waals surface area contributed by atoms with Gasteiger partial charge in [0.15, 0.2) is 5.78 Å². The van der Waals surface area contributed by atoms with Crippen LogP contribution in [-0.4, -0.2) is 53.8 Å². The van der Waals surface area contributed by atoms with Crippen LogP contribution in [0.3, 0.4) is 0 Å². The topological polar surface area (TPSA) is 23.6 Å². The maximum absolute atomic E-state index is 12.7. The third-order valence-electron chi connectivity index (χ3n) is 5.63. The molecule has 114 valence electrons. The lowest BCUT2D eigenvalue weighted by Gasteiger charge is -2.49. The van der Waals surface area contributed by atoms with Crippen LogP contribution >= 0.6 is 0 Å². The molecule has 3 atom stereocenters. The lowest BCUT2D eigenvalue weighted by atomic mass is 9.73. The number of piperidine rings is 3. The summed E-state index contributed by atoms with van der Waals surface area (Å²) in [6.45, 7) is 11.4. The Morgan fingerprint density at radius 2 is 1.95 bits per heavy atom. The van der Waals surface area contributed by atoms with Crippen LogP contribution < -0.4 is 0 Å². The highest BCUT2D eigenvalue weighted by Gasteiger charge is 2.54. The van der Waals surface area contributed by atoms with Crippen LogP contribution in [0.5, 0.6) is 0 Å². The summed E-state index contributed by atoms with van der Waals surface area (Å²) in [6, 6.07) is 0.741. The Hall–Kier alpha value is -0.410. The Kier molecular flexibility index (Phi) is 4.19. The van der Waals surface area contributed by atoms with Gasteiger partial charge in [0.25, 0.3) is 0 Å². The summed E-state index contributed by atoms with van der Waals surface area (Å²) in [7, 11) is 0. The fourth-order valence-corrected chi connectivity index (χ4v) is 4.93. The van der Waals surface area contributed by atoms with Gasteiger partial charge < -0.3 is 0 Å². The number of hydrogen-bond donors (Lipinski definition) is 0. The number of ketones is 1. The van der Waals surface area contributed by atoms with E-state index in [1.807, 2.05) is 0 Å². The number of rotatable bonds is 5. The second kappa shape index (κ2) is 5.76. The average molecular weight is 278 g/mol. The molecular formula is C17H30N2O. The van der Waals surface area contributed by atoms with Crippen molar-refractivity contribution in [2.24, 2.45) is 17.8 Å². The SMILES string of the molecule is CCCC(=O)C1C2C(CN1CC(C)C)C1CCN2CC1. The van der Waals surface area contributed by atoms with Crippen molar-refractivity contribution in [3.05, 3.63) is 0 Å². The number of fused-ring (bicyclic) bond motifs is 2. The molecule has 0 N–H and O–H groups in total. The van der Waals surface area contributed by atoms with Crippen LogP contribution in [0.2, 0.25) is 0 Å². The predicted octanol–water partition coefficient (Wildman–Crippen LogP) is 2.41. The molecule has 4 rings (SSSR count). The van der Waals surface area contributed by atoms with Crippen molar-refractivity contribution >= 4 is 5.78 Å². The molecular weight excluding hydrogens is 248 g/mol. The smallest absolute Gasteiger partial charge is 0.151 e. The molecule has 2 bridgehead atoms. The number of Topliss-reactive ketones (excluding diaryl/α,β-unsaturated/α-hetero) is 1. The van der Waals surface area contributed by atoms with E-state index in [4.69, 9.17) is 0 Å². The van der Waals surface area contributed by atoms with E-state index < -0.39 is 0 Å². The summed E-state index contributed by atoms with van der Waals surface area (Å²) in [6.07, 6.45) is 4.49. The molecule has 4 aliphatic heterocycles. The van der Waals surface area contributed by atoms with Gasteiger partial charge in [-0.25, -0.2) is 0 Å². The van der Waals surface area contributed by atoms with Gasteiger partial charge in [-0.2, -0.15) is 0 Å². The molecule has 0 amide bonds. The highest BCUT2D eigenvalue weighted by molar-refractivity contribution is 5.85. The molecule has 4 saturated heterocycles. The molecule has 0 saturated carbocycles. The lowest BCUT2D eigenvalue weighted by Crippen LogP contribution is -2.58. The molecule has 4 fully saturated rings. The summed E-state index contributed by atoms with van der Waals surface area (Å²) >= 11 is 0. The minimum atomic E-state index is 0.199. The van der Waals surface area contributed by atoms with Gasteiger partial charge in [-0.15, -0.1) is 0 Å². The largest absolute Gasteiger partial charge is 0.298 e. The second-order valence-corrected chi connectivity index (χ2v) is 7.54. The molecule has 0 aromatic heterocycles. The van der Waals surface area contributed by atoms with E-state index in [-0.39, 0.29) is 6.04 Å². The van der Waals surface area contributed by atoms with Crippen LogP contribution in [0.4, 0.5) is 0 Å². The van der Waals surface area contributed by atoms with Crippen LogP contribution in [-0.2, 0) is 4.79 Å². The molecule has 0 radical (unpaired) electrons. The van der Waals surface area contributed by atoms with Gasteiger partial charge in [0, 0.05) is 25.6 Å². The predicted molar refractivity (Wildman–Crippen MR) is 81.7 cm³/mol. The van der Waals surface area contributed by atoms with E-state index >= 15 is 0 Å². The summed E-state index contributed by atoms with van der Waals surface area (Å²) in [5.41, 5.74) is 0. The van der Waals surface area contributed by atoms with E-state index in [1.54, 1.807) is 0 Å². The summed E-state index contributed by atoms with van der Waals surface area (Å²) in [5, 5.41) is 0. The highest BCUT2D eigenvalue weighted by atomic mass is 16.1. The Balaban J connectivity index is 1.83. The van der Waals surface area contributed by atoms with Crippen LogP contribution in [0, 0.1) is 17.8 Å². The number of carbonyl (C=O) groups is 1. The number of likely N-dealkylation sites (tertiary alicyclic amines) is 1. The molecule has 4 aliphatic rings. The van der Waals surface area contributed by atoms with Crippen molar-refractivity contribution < 1.29 is 4.79 Å². The normalized spacial score (nSPS) is 40.3. The minimum Gasteiger partial charge on any atom is -0.298 e. The molecule has 4 heterocycles. The zero-order chi connectivity index (χ0) is 14.3. The monoisotopic (exact) mass is 278 g/mol. The number of nitrogens with zero attached hydrogens (tertiary/aromatic N) is 2. The van der Waals surface area contributed by atoms with Gasteiger partial charge in [-0.1, -0.05) is 20.8 Å². The molecule has 0 aromatic rings. The Bertz CT molecular complexity index is 360. The molecule has 0 spiro atoms. The Labute approximate surface area is 123 Å². The first-order chi connectivity index (χ1) is 9.61. The van der Waals surface area contributed by atoms with Crippen LogP contribution in [0.25, 0.3) is 0 Å². The van der Waals surface area contributed by atoms with Gasteiger partial charge >= 0.3 is 0 Å². The average Bonchev–Trinajstić information content (AvgIpc) is 2.80. The standard InChI is InChI=1S/C17H30N2O/c1-4-5-15(20)17-16-14(11-19(17)10-12(2)3)13-6-8-18(16)9-7-13/h12-14,16-17H,4-11H2,1-3H3. The molecule has 20 heavy (non-hydrogen) atoms. The zero-order valence-electron chi connectivity index (χ0n) is 13.3. The first-order valence-electron chi connectivity index (χ1n) is 8.62. The maximum Gasteiger partial charge on any atom is 0.151 e. The fourth-order valence-electron chi connectivity index (χ4n) is 4.93. The highest BCUT2D eigenvalue weighted by Crippen LogP contribution is 2.44. The lowest BCUT2D eigenvalue weighted by molar-refractivity contribution is -0.126. The van der Waals surface area contributed by atoms with Gasteiger partial charge in [0.1, 0.15) is 0 Å². The third-order valence-corrected chi connectivity index (χ3v) is 5.63. The number of carbonyl (C=O) groups excluding carboxylic acids is 1. The van der Waals surface area contributed by atoms with Crippen LogP contribution in [0.15, 0.2) is 0 Å². The van der Waals surface area contributed by atoms with Gasteiger partial charge in [-0.3, -0.25) is 14.6 Å². The molecule has 3 heteroatoms. The van der Waals surface area contributed by atoms with Gasteiger partial charge in [0.2, 0.25) is 0 Å². The van der Waals surface area contributed by atoms with Gasteiger partial charge in [0.05, 0.1) is 6.04 Å². The van der Waals surface area contributed by atoms with E-state index in [0.717, 1.165) is 31.2 Å². The van der Waals surface area contributed by atoms with E-state index in [1.165, 1.54) is 32.5 Å². The molecule has 3 unspecified atom stereocenters. The molecule has 3 nitrogen and oxygen atoms in total. The fraction of sp³-hybridized carbons (Fsp3) is 0.941. The Morgan fingerprint density at radius 3 is 2.55 bits per heavy atom. The van der Waals surface area contributed by atoms with Crippen molar-refractivity contribution in [1.82, 2.24) is 9.80 Å². The quantitative estimate of drug-likeness (QED) is 0.771. The van der Waals surface area contributed by atoms with Gasteiger partial charge in [-0.05, 0) is 50.1 Å². The minimum absolute atomic E-state index is 0.199. The summed E-state index contributed by atoms with van der Waals surface area (Å²) in [5.74, 6) is 2.81. The second-order valence-electron chi connectivity index (χ2n) is 7.54. The third kappa shape index (κ3) is 2.43. The van der Waals surface area contributed by atoms with Crippen molar-refractivity contribution in [2.45, 2.75) is 58.5 Å².